The van der Waals surface area contributed by atoms with Gasteiger partial charge in [0.2, 0.25) is 0 Å². The Morgan fingerprint density at radius 1 is 1.53 bits per heavy atom. The molecule has 0 radical (unpaired) electrons. The lowest BCUT2D eigenvalue weighted by Gasteiger charge is -2.26. The summed E-state index contributed by atoms with van der Waals surface area (Å²) >= 11 is 1.58. The number of carbonyl (C=O) groups is 1. The number of aliphatic hydroxyl groups is 1. The van der Waals surface area contributed by atoms with Crippen molar-refractivity contribution in [2.45, 2.75) is 32.9 Å². The van der Waals surface area contributed by atoms with Crippen LogP contribution in [0.25, 0.3) is 0 Å². The van der Waals surface area contributed by atoms with Crippen molar-refractivity contribution in [2.75, 3.05) is 13.2 Å². The second-order valence-electron chi connectivity index (χ2n) is 4.76. The summed E-state index contributed by atoms with van der Waals surface area (Å²) in [5.41, 5.74) is 0.536. The Balaban J connectivity index is 2.62. The highest BCUT2D eigenvalue weighted by molar-refractivity contribution is 7.07. The summed E-state index contributed by atoms with van der Waals surface area (Å²) in [6.07, 6.45) is -0.391. The van der Waals surface area contributed by atoms with E-state index in [1.54, 1.807) is 11.3 Å². The lowest BCUT2D eigenvalue weighted by atomic mass is 10.2. The molecule has 17 heavy (non-hydrogen) atoms. The highest BCUT2D eigenvalue weighted by atomic mass is 32.1. The van der Waals surface area contributed by atoms with Crippen LogP contribution in [0.3, 0.4) is 0 Å². The summed E-state index contributed by atoms with van der Waals surface area (Å²) in [4.78, 5) is 13.4. The predicted molar refractivity (Wildman–Crippen MR) is 68.0 cm³/mol. The van der Waals surface area contributed by atoms with E-state index in [2.05, 4.69) is 0 Å². The SMILES string of the molecule is CC(C)(C)OC(=O)N(CCO)Cc1ccsc1. The summed E-state index contributed by atoms with van der Waals surface area (Å²) in [7, 11) is 0. The lowest BCUT2D eigenvalue weighted by molar-refractivity contribution is 0.0202. The summed E-state index contributed by atoms with van der Waals surface area (Å²) in [5, 5.41) is 12.9. The Bertz CT molecular complexity index is 343. The van der Waals surface area contributed by atoms with E-state index in [9.17, 15) is 4.79 Å². The molecule has 0 aliphatic carbocycles. The third-order valence-corrected chi connectivity index (χ3v) is 2.71. The molecular formula is C12H19NO3S. The lowest BCUT2D eigenvalue weighted by Crippen LogP contribution is -2.37. The highest BCUT2D eigenvalue weighted by Crippen LogP contribution is 2.14. The van der Waals surface area contributed by atoms with Gasteiger partial charge >= 0.3 is 6.09 Å². The molecule has 1 rings (SSSR count). The minimum atomic E-state index is -0.514. The van der Waals surface area contributed by atoms with Crippen LogP contribution in [0.4, 0.5) is 4.79 Å². The van der Waals surface area contributed by atoms with Crippen molar-refractivity contribution < 1.29 is 14.6 Å². The van der Waals surface area contributed by atoms with Crippen LogP contribution in [0.5, 0.6) is 0 Å². The van der Waals surface area contributed by atoms with E-state index in [1.165, 1.54) is 4.90 Å². The summed E-state index contributed by atoms with van der Waals surface area (Å²) in [5.74, 6) is 0. The smallest absolute Gasteiger partial charge is 0.410 e. The van der Waals surface area contributed by atoms with E-state index in [1.807, 2.05) is 37.6 Å². The fourth-order valence-electron chi connectivity index (χ4n) is 1.29. The number of hydrogen-bond acceptors (Lipinski definition) is 4. The van der Waals surface area contributed by atoms with Gasteiger partial charge in [0.15, 0.2) is 0 Å². The molecule has 0 saturated carbocycles. The molecule has 0 fully saturated rings. The highest BCUT2D eigenvalue weighted by Gasteiger charge is 2.21. The van der Waals surface area contributed by atoms with Gasteiger partial charge in [-0.2, -0.15) is 11.3 Å². The molecule has 0 unspecified atom stereocenters. The Kier molecular flexibility index (Phi) is 4.96. The minimum Gasteiger partial charge on any atom is -0.444 e. The Hall–Kier alpha value is -1.07. The number of amides is 1. The number of hydrogen-bond donors (Lipinski definition) is 1. The van der Waals surface area contributed by atoms with E-state index in [4.69, 9.17) is 9.84 Å². The van der Waals surface area contributed by atoms with Gasteiger partial charge in [0, 0.05) is 13.1 Å². The monoisotopic (exact) mass is 257 g/mol. The second kappa shape index (κ2) is 6.02. The zero-order valence-corrected chi connectivity index (χ0v) is 11.3. The van der Waals surface area contributed by atoms with Crippen LogP contribution in [0, 0.1) is 0 Å². The first-order chi connectivity index (χ1) is 7.92. The minimum absolute atomic E-state index is 0.0661. The van der Waals surface area contributed by atoms with Crippen molar-refractivity contribution in [1.29, 1.82) is 0 Å². The fraction of sp³-hybridized carbons (Fsp3) is 0.583. The van der Waals surface area contributed by atoms with Gasteiger partial charge in [0.05, 0.1) is 6.61 Å². The van der Waals surface area contributed by atoms with Gasteiger partial charge in [0.25, 0.3) is 0 Å². The van der Waals surface area contributed by atoms with Gasteiger partial charge in [0.1, 0.15) is 5.60 Å². The molecule has 1 aromatic heterocycles. The first kappa shape index (κ1) is 14.0. The van der Waals surface area contributed by atoms with Gasteiger partial charge in [-0.05, 0) is 43.2 Å². The fourth-order valence-corrected chi connectivity index (χ4v) is 1.94. The van der Waals surface area contributed by atoms with Crippen LogP contribution in [-0.4, -0.2) is 34.9 Å². The molecule has 1 N–H and O–H groups in total. The molecule has 1 aromatic rings. The quantitative estimate of drug-likeness (QED) is 0.901. The summed E-state index contributed by atoms with van der Waals surface area (Å²) < 4.78 is 5.28. The number of rotatable bonds is 4. The Morgan fingerprint density at radius 3 is 2.71 bits per heavy atom. The van der Waals surface area contributed by atoms with Crippen LogP contribution in [0.15, 0.2) is 16.8 Å². The molecule has 0 saturated heterocycles. The Labute approximate surface area is 106 Å². The van der Waals surface area contributed by atoms with Gasteiger partial charge in [-0.3, -0.25) is 0 Å². The average Bonchev–Trinajstić information content (AvgIpc) is 2.67. The van der Waals surface area contributed by atoms with Crippen molar-refractivity contribution in [1.82, 2.24) is 4.90 Å². The van der Waals surface area contributed by atoms with Crippen molar-refractivity contribution in [3.05, 3.63) is 22.4 Å². The van der Waals surface area contributed by atoms with E-state index in [0.29, 0.717) is 6.54 Å². The van der Waals surface area contributed by atoms with Crippen LogP contribution < -0.4 is 0 Å². The third-order valence-electron chi connectivity index (χ3n) is 1.98. The maximum absolute atomic E-state index is 11.9. The molecular weight excluding hydrogens is 238 g/mol. The molecule has 1 heterocycles. The van der Waals surface area contributed by atoms with E-state index in [0.717, 1.165) is 5.56 Å². The van der Waals surface area contributed by atoms with Crippen LogP contribution >= 0.6 is 11.3 Å². The van der Waals surface area contributed by atoms with Crippen LogP contribution in [0.2, 0.25) is 0 Å². The number of carbonyl (C=O) groups excluding carboxylic acids is 1. The maximum Gasteiger partial charge on any atom is 0.410 e. The number of thiophene rings is 1. The first-order valence-electron chi connectivity index (χ1n) is 5.52. The number of aliphatic hydroxyl groups excluding tert-OH is 1. The molecule has 4 nitrogen and oxygen atoms in total. The van der Waals surface area contributed by atoms with Gasteiger partial charge in [-0.25, -0.2) is 4.79 Å². The van der Waals surface area contributed by atoms with Gasteiger partial charge in [-0.1, -0.05) is 0 Å². The predicted octanol–water partition coefficient (Wildman–Crippen LogP) is 2.48. The number of ether oxygens (including phenoxy) is 1. The van der Waals surface area contributed by atoms with Crippen molar-refractivity contribution in [2.24, 2.45) is 0 Å². The number of nitrogens with zero attached hydrogens (tertiary/aromatic N) is 1. The zero-order valence-electron chi connectivity index (χ0n) is 10.5. The Morgan fingerprint density at radius 2 is 2.24 bits per heavy atom. The molecule has 0 aromatic carbocycles. The molecule has 0 aliphatic heterocycles. The largest absolute Gasteiger partial charge is 0.444 e. The molecule has 0 atom stereocenters. The topological polar surface area (TPSA) is 49.8 Å². The average molecular weight is 257 g/mol. The molecule has 1 amide bonds. The van der Waals surface area contributed by atoms with Crippen LogP contribution in [-0.2, 0) is 11.3 Å². The normalized spacial score (nSPS) is 11.3. The van der Waals surface area contributed by atoms with Crippen molar-refractivity contribution >= 4 is 17.4 Å². The molecule has 96 valence electrons. The summed E-state index contributed by atoms with van der Waals surface area (Å²) in [6, 6.07) is 1.96. The van der Waals surface area contributed by atoms with Gasteiger partial charge in [-0.15, -0.1) is 0 Å². The third kappa shape index (κ3) is 5.19. The molecule has 0 bridgehead atoms. The van der Waals surface area contributed by atoms with Gasteiger partial charge < -0.3 is 14.7 Å². The van der Waals surface area contributed by atoms with Crippen molar-refractivity contribution in [3.63, 3.8) is 0 Å². The van der Waals surface area contributed by atoms with E-state index >= 15 is 0 Å². The van der Waals surface area contributed by atoms with Crippen molar-refractivity contribution in [3.8, 4) is 0 Å². The van der Waals surface area contributed by atoms with Crippen LogP contribution in [0.1, 0.15) is 26.3 Å². The first-order valence-corrected chi connectivity index (χ1v) is 6.46. The zero-order chi connectivity index (χ0) is 12.9. The summed E-state index contributed by atoms with van der Waals surface area (Å²) in [6.45, 7) is 6.17. The second-order valence-corrected chi connectivity index (χ2v) is 5.54. The molecule has 0 spiro atoms. The molecule has 0 aliphatic rings. The van der Waals surface area contributed by atoms with E-state index < -0.39 is 11.7 Å². The van der Waals surface area contributed by atoms with E-state index in [-0.39, 0.29) is 13.2 Å². The standard InChI is InChI=1S/C12H19NO3S/c1-12(2,3)16-11(15)13(5-6-14)8-10-4-7-17-9-10/h4,7,9,14H,5-6,8H2,1-3H3. The maximum atomic E-state index is 11.9. The molecule has 5 heteroatoms.